The molecule has 0 amide bonds. The highest BCUT2D eigenvalue weighted by molar-refractivity contribution is 7.89. The van der Waals surface area contributed by atoms with Gasteiger partial charge in [-0.15, -0.1) is 0 Å². The van der Waals surface area contributed by atoms with Crippen molar-refractivity contribution in [2.75, 3.05) is 14.2 Å². The Morgan fingerprint density at radius 3 is 2.46 bits per heavy atom. The maximum absolute atomic E-state index is 12.3. The number of hydrogen-bond donors (Lipinski definition) is 1. The topological polar surface area (TPSA) is 105 Å². The SMILES string of the molecule is COc1cccc(COC(=O)c2cc(S(N)(=O)=O)ccc2OC)c1. The highest BCUT2D eigenvalue weighted by Crippen LogP contribution is 2.23. The van der Waals surface area contributed by atoms with Gasteiger partial charge in [-0.1, -0.05) is 12.1 Å². The van der Waals surface area contributed by atoms with Crippen molar-refractivity contribution in [2.24, 2.45) is 5.14 Å². The number of carbonyl (C=O) groups excluding carboxylic acids is 1. The van der Waals surface area contributed by atoms with Gasteiger partial charge in [0.05, 0.1) is 19.1 Å². The lowest BCUT2D eigenvalue weighted by Gasteiger charge is -2.10. The third-order valence-corrected chi connectivity index (χ3v) is 4.13. The predicted molar refractivity (Wildman–Crippen MR) is 86.5 cm³/mol. The molecule has 0 heterocycles. The fourth-order valence-electron chi connectivity index (χ4n) is 2.01. The zero-order valence-corrected chi connectivity index (χ0v) is 14.0. The standard InChI is InChI=1S/C16H17NO6S/c1-21-12-5-3-4-11(8-12)10-23-16(18)14-9-13(24(17,19)20)6-7-15(14)22-2/h3-9H,10H2,1-2H3,(H2,17,19,20). The van der Waals surface area contributed by atoms with Crippen LogP contribution in [0.4, 0.5) is 0 Å². The molecule has 0 radical (unpaired) electrons. The minimum absolute atomic E-state index is 0.00120. The van der Waals surface area contributed by atoms with Crippen molar-refractivity contribution in [3.8, 4) is 11.5 Å². The summed E-state index contributed by atoms with van der Waals surface area (Å²) in [5.41, 5.74) is 0.705. The summed E-state index contributed by atoms with van der Waals surface area (Å²) < 4.78 is 38.2. The van der Waals surface area contributed by atoms with Crippen LogP contribution in [0.25, 0.3) is 0 Å². The number of hydrogen-bond acceptors (Lipinski definition) is 6. The van der Waals surface area contributed by atoms with Crippen LogP contribution in [0.1, 0.15) is 15.9 Å². The highest BCUT2D eigenvalue weighted by atomic mass is 32.2. The number of methoxy groups -OCH3 is 2. The lowest BCUT2D eigenvalue weighted by Crippen LogP contribution is -2.14. The molecule has 24 heavy (non-hydrogen) atoms. The minimum Gasteiger partial charge on any atom is -0.497 e. The van der Waals surface area contributed by atoms with Crippen LogP contribution in [0.3, 0.4) is 0 Å². The van der Waals surface area contributed by atoms with Gasteiger partial charge in [0.2, 0.25) is 10.0 Å². The molecular weight excluding hydrogens is 334 g/mol. The molecule has 128 valence electrons. The van der Waals surface area contributed by atoms with E-state index in [9.17, 15) is 13.2 Å². The molecule has 7 nitrogen and oxygen atoms in total. The number of ether oxygens (including phenoxy) is 3. The number of primary sulfonamides is 1. The van der Waals surface area contributed by atoms with Gasteiger partial charge in [-0.2, -0.15) is 0 Å². The summed E-state index contributed by atoms with van der Waals surface area (Å²) in [5, 5.41) is 5.08. The molecule has 2 rings (SSSR count). The largest absolute Gasteiger partial charge is 0.497 e. The van der Waals surface area contributed by atoms with Gasteiger partial charge in [-0.3, -0.25) is 0 Å². The van der Waals surface area contributed by atoms with Gasteiger partial charge in [0.25, 0.3) is 0 Å². The summed E-state index contributed by atoms with van der Waals surface area (Å²) in [6, 6.07) is 10.8. The maximum atomic E-state index is 12.3. The molecule has 2 aromatic rings. The van der Waals surface area contributed by atoms with Crippen LogP contribution >= 0.6 is 0 Å². The van der Waals surface area contributed by atoms with Gasteiger partial charge in [-0.05, 0) is 35.9 Å². The second kappa shape index (κ2) is 7.33. The first-order chi connectivity index (χ1) is 11.3. The molecule has 0 aromatic heterocycles. The molecule has 0 saturated carbocycles. The van der Waals surface area contributed by atoms with Crippen molar-refractivity contribution in [3.63, 3.8) is 0 Å². The van der Waals surface area contributed by atoms with Crippen LogP contribution in [0.15, 0.2) is 47.4 Å². The Labute approximate surface area is 140 Å². The average molecular weight is 351 g/mol. The molecule has 0 aliphatic rings. The number of sulfonamides is 1. The molecule has 0 fully saturated rings. The lowest BCUT2D eigenvalue weighted by atomic mass is 10.2. The Morgan fingerprint density at radius 2 is 1.83 bits per heavy atom. The van der Waals surface area contributed by atoms with E-state index in [0.29, 0.717) is 5.75 Å². The number of benzene rings is 2. The van der Waals surface area contributed by atoms with Crippen LogP contribution in [-0.2, 0) is 21.4 Å². The summed E-state index contributed by atoms with van der Waals surface area (Å²) in [6.07, 6.45) is 0. The van der Waals surface area contributed by atoms with E-state index in [-0.39, 0.29) is 22.8 Å². The third kappa shape index (κ3) is 4.24. The molecule has 0 bridgehead atoms. The van der Waals surface area contributed by atoms with Crippen molar-refractivity contribution in [3.05, 3.63) is 53.6 Å². The van der Waals surface area contributed by atoms with Crippen molar-refractivity contribution in [2.45, 2.75) is 11.5 Å². The van der Waals surface area contributed by atoms with Gasteiger partial charge in [-0.25, -0.2) is 18.4 Å². The van der Waals surface area contributed by atoms with Gasteiger partial charge >= 0.3 is 5.97 Å². The normalized spacial score (nSPS) is 11.0. The van der Waals surface area contributed by atoms with Crippen LogP contribution in [0.2, 0.25) is 0 Å². The molecule has 8 heteroatoms. The summed E-state index contributed by atoms with van der Waals surface area (Å²) in [4.78, 5) is 12.1. The first-order valence-electron chi connectivity index (χ1n) is 6.86. The number of carbonyl (C=O) groups is 1. The van der Waals surface area contributed by atoms with Crippen LogP contribution in [0.5, 0.6) is 11.5 Å². The van der Waals surface area contributed by atoms with E-state index in [1.165, 1.54) is 26.4 Å². The quantitative estimate of drug-likeness (QED) is 0.794. The number of esters is 1. The van der Waals surface area contributed by atoms with E-state index in [1.54, 1.807) is 24.3 Å². The third-order valence-electron chi connectivity index (χ3n) is 3.22. The van der Waals surface area contributed by atoms with Gasteiger partial charge in [0.15, 0.2) is 0 Å². The zero-order valence-electron chi connectivity index (χ0n) is 13.2. The Balaban J connectivity index is 2.22. The van der Waals surface area contributed by atoms with E-state index < -0.39 is 16.0 Å². The first-order valence-corrected chi connectivity index (χ1v) is 8.40. The zero-order chi connectivity index (χ0) is 17.7. The van der Waals surface area contributed by atoms with Crippen molar-refractivity contribution in [1.82, 2.24) is 0 Å². The Morgan fingerprint density at radius 1 is 1.08 bits per heavy atom. The monoisotopic (exact) mass is 351 g/mol. The van der Waals surface area contributed by atoms with Crippen molar-refractivity contribution < 1.29 is 27.4 Å². The van der Waals surface area contributed by atoms with E-state index in [4.69, 9.17) is 19.3 Å². The fraction of sp³-hybridized carbons (Fsp3) is 0.188. The number of rotatable bonds is 6. The second-order valence-electron chi connectivity index (χ2n) is 4.83. The van der Waals surface area contributed by atoms with E-state index >= 15 is 0 Å². The molecule has 2 aromatic carbocycles. The molecule has 0 atom stereocenters. The van der Waals surface area contributed by atoms with E-state index in [1.807, 2.05) is 0 Å². The highest BCUT2D eigenvalue weighted by Gasteiger charge is 2.18. The fourth-order valence-corrected chi connectivity index (χ4v) is 2.55. The first kappa shape index (κ1) is 17.8. The lowest BCUT2D eigenvalue weighted by molar-refractivity contribution is 0.0468. The number of nitrogens with two attached hydrogens (primary N) is 1. The molecule has 0 unspecified atom stereocenters. The summed E-state index contributed by atoms with van der Waals surface area (Å²) in [7, 11) is -1.04. The minimum atomic E-state index is -3.94. The van der Waals surface area contributed by atoms with Crippen LogP contribution < -0.4 is 14.6 Å². The molecule has 2 N–H and O–H groups in total. The Bertz CT molecular complexity index is 847. The maximum Gasteiger partial charge on any atom is 0.342 e. The Kier molecular flexibility index (Phi) is 5.42. The van der Waals surface area contributed by atoms with E-state index in [0.717, 1.165) is 11.6 Å². The summed E-state index contributed by atoms with van der Waals surface area (Å²) >= 11 is 0. The van der Waals surface area contributed by atoms with Crippen LogP contribution in [0, 0.1) is 0 Å². The van der Waals surface area contributed by atoms with Gasteiger partial charge in [0, 0.05) is 0 Å². The van der Waals surface area contributed by atoms with Gasteiger partial charge < -0.3 is 14.2 Å². The van der Waals surface area contributed by atoms with Gasteiger partial charge in [0.1, 0.15) is 23.7 Å². The molecular formula is C16H17NO6S. The second-order valence-corrected chi connectivity index (χ2v) is 6.40. The van der Waals surface area contributed by atoms with E-state index in [2.05, 4.69) is 0 Å². The summed E-state index contributed by atoms with van der Waals surface area (Å²) in [6.45, 7) is -0.00120. The van der Waals surface area contributed by atoms with Crippen molar-refractivity contribution >= 4 is 16.0 Å². The molecule has 0 spiro atoms. The molecule has 0 aliphatic carbocycles. The summed E-state index contributed by atoms with van der Waals surface area (Å²) in [5.74, 6) is 0.107. The Hall–Kier alpha value is -2.58. The predicted octanol–water partition coefficient (Wildman–Crippen LogP) is 1.71. The average Bonchev–Trinajstić information content (AvgIpc) is 2.58. The smallest absolute Gasteiger partial charge is 0.342 e. The van der Waals surface area contributed by atoms with Crippen LogP contribution in [-0.4, -0.2) is 28.6 Å². The molecule has 0 saturated heterocycles. The molecule has 0 aliphatic heterocycles. The van der Waals surface area contributed by atoms with Crippen molar-refractivity contribution in [1.29, 1.82) is 0 Å².